The molecule has 0 radical (unpaired) electrons. The van der Waals surface area contributed by atoms with E-state index in [9.17, 15) is 23.3 Å². The van der Waals surface area contributed by atoms with Crippen LogP contribution in [0.5, 0.6) is 0 Å². The van der Waals surface area contributed by atoms with Crippen molar-refractivity contribution in [3.8, 4) is 0 Å². The molecule has 0 atom stereocenters. The molecule has 1 aromatic rings. The van der Waals surface area contributed by atoms with Gasteiger partial charge in [-0.25, -0.2) is 0 Å². The average molecular weight is 223 g/mol. The van der Waals surface area contributed by atoms with E-state index in [0.717, 1.165) is 12.1 Å². The number of hydrogen-bond acceptors (Lipinski definition) is 3. The summed E-state index contributed by atoms with van der Waals surface area (Å²) in [6.45, 7) is 0. The fraction of sp³-hybridized carbons (Fsp3) is 0.143. The minimum absolute atomic E-state index is 0.398. The molecule has 7 heteroatoms. The van der Waals surface area contributed by atoms with Crippen LogP contribution in [0.15, 0.2) is 29.2 Å². The third-order valence-corrected chi connectivity index (χ3v) is 2.08. The van der Waals surface area contributed by atoms with E-state index in [4.69, 9.17) is 0 Å². The van der Waals surface area contributed by atoms with Crippen LogP contribution < -0.4 is 0 Å². The third kappa shape index (κ3) is 2.91. The van der Waals surface area contributed by atoms with Crippen molar-refractivity contribution in [3.63, 3.8) is 0 Å². The number of nitrogens with zero attached hydrogens (tertiary/aromatic N) is 1. The SMILES string of the molecule is O=[N+]([O-])c1ccccc1SC(F)(F)F. The molecule has 0 fully saturated rings. The van der Waals surface area contributed by atoms with Crippen molar-refractivity contribution in [2.75, 3.05) is 0 Å². The Balaban J connectivity index is 3.02. The van der Waals surface area contributed by atoms with Crippen molar-refractivity contribution in [2.45, 2.75) is 10.4 Å². The van der Waals surface area contributed by atoms with Gasteiger partial charge in [-0.1, -0.05) is 12.1 Å². The number of alkyl halides is 3. The summed E-state index contributed by atoms with van der Waals surface area (Å²) < 4.78 is 35.8. The van der Waals surface area contributed by atoms with Gasteiger partial charge in [0.05, 0.1) is 9.82 Å². The van der Waals surface area contributed by atoms with Gasteiger partial charge in [-0.05, 0) is 17.8 Å². The number of thioether (sulfide) groups is 1. The lowest BCUT2D eigenvalue weighted by molar-refractivity contribution is -0.387. The van der Waals surface area contributed by atoms with Gasteiger partial charge in [0.25, 0.3) is 5.69 Å². The van der Waals surface area contributed by atoms with Crippen molar-refractivity contribution >= 4 is 17.4 Å². The molecule has 0 spiro atoms. The molecule has 0 heterocycles. The summed E-state index contributed by atoms with van der Waals surface area (Å²) in [5.41, 5.74) is -5.04. The van der Waals surface area contributed by atoms with Crippen LogP contribution in [0.3, 0.4) is 0 Å². The van der Waals surface area contributed by atoms with Crippen LogP contribution >= 0.6 is 11.8 Å². The maximum atomic E-state index is 11.9. The fourth-order valence-corrected chi connectivity index (χ4v) is 1.46. The molecule has 0 amide bonds. The van der Waals surface area contributed by atoms with E-state index in [0.29, 0.717) is 0 Å². The number of nitro groups is 1. The van der Waals surface area contributed by atoms with Gasteiger partial charge >= 0.3 is 5.51 Å². The topological polar surface area (TPSA) is 43.1 Å². The van der Waals surface area contributed by atoms with Crippen LogP contribution in [0.4, 0.5) is 18.9 Å². The zero-order valence-corrected chi connectivity index (χ0v) is 7.43. The predicted octanol–water partition coefficient (Wildman–Crippen LogP) is 3.21. The Hall–Kier alpha value is -1.24. The second-order valence-electron chi connectivity index (χ2n) is 2.27. The average Bonchev–Trinajstić information content (AvgIpc) is 2.01. The molecule has 1 rings (SSSR count). The van der Waals surface area contributed by atoms with Gasteiger partial charge in [0.15, 0.2) is 0 Å². The highest BCUT2D eigenvalue weighted by Gasteiger charge is 2.32. The maximum absolute atomic E-state index is 11.9. The molecule has 0 unspecified atom stereocenters. The van der Waals surface area contributed by atoms with Crippen LogP contribution in [0.25, 0.3) is 0 Å². The van der Waals surface area contributed by atoms with E-state index in [1.54, 1.807) is 0 Å². The molecule has 0 saturated heterocycles. The number of rotatable bonds is 2. The molecular formula is C7H4F3NO2S. The smallest absolute Gasteiger partial charge is 0.258 e. The van der Waals surface area contributed by atoms with Crippen molar-refractivity contribution in [2.24, 2.45) is 0 Å². The Morgan fingerprint density at radius 1 is 1.29 bits per heavy atom. The van der Waals surface area contributed by atoms with Crippen molar-refractivity contribution < 1.29 is 18.1 Å². The van der Waals surface area contributed by atoms with Crippen LogP contribution in [-0.4, -0.2) is 10.4 Å². The second-order valence-corrected chi connectivity index (χ2v) is 3.38. The van der Waals surface area contributed by atoms with E-state index in [2.05, 4.69) is 0 Å². The first-order valence-corrected chi connectivity index (χ1v) is 4.21. The molecule has 3 nitrogen and oxygen atoms in total. The van der Waals surface area contributed by atoms with Gasteiger partial charge in [0.1, 0.15) is 0 Å². The Kier molecular flexibility index (Phi) is 3.00. The molecule has 0 saturated carbocycles. The van der Waals surface area contributed by atoms with Crippen molar-refractivity contribution in [1.29, 1.82) is 0 Å². The Morgan fingerprint density at radius 3 is 2.36 bits per heavy atom. The summed E-state index contributed by atoms with van der Waals surface area (Å²) in [6, 6.07) is 4.74. The van der Waals surface area contributed by atoms with E-state index in [1.165, 1.54) is 12.1 Å². The summed E-state index contributed by atoms with van der Waals surface area (Å²) in [7, 11) is 0. The number of halogens is 3. The van der Waals surface area contributed by atoms with Crippen LogP contribution in [0.1, 0.15) is 0 Å². The van der Waals surface area contributed by atoms with Crippen molar-refractivity contribution in [1.82, 2.24) is 0 Å². The van der Waals surface area contributed by atoms with Gasteiger partial charge in [0, 0.05) is 6.07 Å². The second kappa shape index (κ2) is 3.87. The Bertz CT molecular complexity index is 353. The summed E-state index contributed by atoms with van der Waals surface area (Å²) in [6.07, 6.45) is 0. The van der Waals surface area contributed by atoms with Gasteiger partial charge in [0.2, 0.25) is 0 Å². The number of nitro benzene ring substituents is 1. The fourth-order valence-electron chi connectivity index (χ4n) is 0.819. The molecule has 0 aliphatic carbocycles. The largest absolute Gasteiger partial charge is 0.446 e. The first kappa shape index (κ1) is 10.8. The molecule has 0 bridgehead atoms. The van der Waals surface area contributed by atoms with E-state index in [1.807, 2.05) is 0 Å². The minimum atomic E-state index is -4.51. The highest BCUT2D eigenvalue weighted by molar-refractivity contribution is 8.00. The first-order valence-electron chi connectivity index (χ1n) is 3.39. The molecule has 0 aliphatic rings. The standard InChI is InChI=1S/C7H4F3NO2S/c8-7(9,10)14-6-4-2-1-3-5(6)11(12)13/h1-4H. The summed E-state index contributed by atoms with van der Waals surface area (Å²) >= 11 is -0.486. The van der Waals surface area contributed by atoms with Crippen LogP contribution in [0, 0.1) is 10.1 Å². The predicted molar refractivity (Wildman–Crippen MR) is 45.0 cm³/mol. The lowest BCUT2D eigenvalue weighted by Crippen LogP contribution is -2.01. The number of para-hydroxylation sites is 1. The highest BCUT2D eigenvalue weighted by atomic mass is 32.2. The normalized spacial score (nSPS) is 11.4. The Morgan fingerprint density at radius 2 is 1.86 bits per heavy atom. The monoisotopic (exact) mass is 223 g/mol. The molecule has 76 valence electrons. The maximum Gasteiger partial charge on any atom is 0.446 e. The lowest BCUT2D eigenvalue weighted by Gasteiger charge is -2.05. The number of hydrogen-bond donors (Lipinski definition) is 0. The highest BCUT2D eigenvalue weighted by Crippen LogP contribution is 2.40. The number of benzene rings is 1. The molecule has 0 N–H and O–H groups in total. The van der Waals surface area contributed by atoms with Gasteiger partial charge < -0.3 is 0 Å². The Labute approximate surface area is 81.1 Å². The molecular weight excluding hydrogens is 219 g/mol. The zero-order chi connectivity index (χ0) is 10.8. The summed E-state index contributed by atoms with van der Waals surface area (Å²) in [5.74, 6) is 0. The quantitative estimate of drug-likeness (QED) is 0.439. The zero-order valence-electron chi connectivity index (χ0n) is 6.62. The molecule has 0 aromatic heterocycles. The minimum Gasteiger partial charge on any atom is -0.258 e. The van der Waals surface area contributed by atoms with E-state index < -0.39 is 32.8 Å². The summed E-state index contributed by atoms with van der Waals surface area (Å²) in [4.78, 5) is 9.10. The first-order chi connectivity index (χ1) is 6.40. The van der Waals surface area contributed by atoms with Crippen LogP contribution in [0.2, 0.25) is 0 Å². The lowest BCUT2D eigenvalue weighted by atomic mass is 10.3. The van der Waals surface area contributed by atoms with Crippen LogP contribution in [-0.2, 0) is 0 Å². The molecule has 1 aromatic carbocycles. The van der Waals surface area contributed by atoms with Gasteiger partial charge in [-0.3, -0.25) is 10.1 Å². The molecule has 14 heavy (non-hydrogen) atoms. The van der Waals surface area contributed by atoms with Gasteiger partial charge in [-0.2, -0.15) is 13.2 Å². The third-order valence-electron chi connectivity index (χ3n) is 1.29. The van der Waals surface area contributed by atoms with E-state index in [-0.39, 0.29) is 0 Å². The summed E-state index contributed by atoms with van der Waals surface area (Å²) in [5, 5.41) is 10.3. The molecule has 0 aliphatic heterocycles. The van der Waals surface area contributed by atoms with Gasteiger partial charge in [-0.15, -0.1) is 0 Å². The van der Waals surface area contributed by atoms with Crippen molar-refractivity contribution in [3.05, 3.63) is 34.4 Å². The van der Waals surface area contributed by atoms with E-state index >= 15 is 0 Å².